The van der Waals surface area contributed by atoms with Crippen LogP contribution in [-0.4, -0.2) is 57.5 Å². The van der Waals surface area contributed by atoms with E-state index < -0.39 is 15.1 Å². The molecule has 0 radical (unpaired) electrons. The predicted molar refractivity (Wildman–Crippen MR) is 170 cm³/mol. The Morgan fingerprint density at radius 2 is 1.77 bits per heavy atom. The van der Waals surface area contributed by atoms with E-state index in [1.54, 1.807) is 44.3 Å². The summed E-state index contributed by atoms with van der Waals surface area (Å²) in [5.41, 5.74) is 1.59. The molecule has 1 aliphatic rings. The van der Waals surface area contributed by atoms with Gasteiger partial charge in [-0.2, -0.15) is 9.97 Å². The van der Waals surface area contributed by atoms with Gasteiger partial charge in [-0.15, -0.1) is 0 Å². The van der Waals surface area contributed by atoms with Crippen LogP contribution in [0.15, 0.2) is 59.8 Å². The second kappa shape index (κ2) is 11.4. The summed E-state index contributed by atoms with van der Waals surface area (Å²) in [7, 11) is -3.55. The minimum Gasteiger partial charge on any atom is -0.494 e. The van der Waals surface area contributed by atoms with Crippen LogP contribution >= 0.6 is 0 Å². The molecule has 2 aromatic carbocycles. The summed E-state index contributed by atoms with van der Waals surface area (Å²) in [4.78, 5) is 12.8. The standard InChI is InChI=1S/C31H37N7O4S/c1-18(2)42-26-15-20-17-38(21-9-12-32-13-10-21)30(39)23(20)16-25(26)35-31-36-28-22(11-14-33-28)29(37-31)34-24-7-5-6-8-27(24)43(40,41)19(3)4/h5-8,11,14-19,21,32,39H,9-10,12-13H2,1-4H3,(H3,33,34,35,36,37). The van der Waals surface area contributed by atoms with Gasteiger partial charge in [0.05, 0.1) is 33.0 Å². The van der Waals surface area contributed by atoms with Crippen molar-refractivity contribution >= 4 is 54.8 Å². The number of aromatic hydroxyl groups is 1. The molecule has 226 valence electrons. The van der Waals surface area contributed by atoms with Gasteiger partial charge in [-0.3, -0.25) is 0 Å². The third-order valence-electron chi connectivity index (χ3n) is 7.71. The van der Waals surface area contributed by atoms with Gasteiger partial charge < -0.3 is 35.3 Å². The number of rotatable bonds is 9. The molecule has 0 spiro atoms. The van der Waals surface area contributed by atoms with Gasteiger partial charge >= 0.3 is 0 Å². The minimum atomic E-state index is -3.55. The van der Waals surface area contributed by atoms with Gasteiger partial charge in [0.15, 0.2) is 15.7 Å². The van der Waals surface area contributed by atoms with Gasteiger partial charge in [0, 0.05) is 29.2 Å². The van der Waals surface area contributed by atoms with Crippen molar-refractivity contribution in [1.29, 1.82) is 0 Å². The van der Waals surface area contributed by atoms with E-state index in [0.29, 0.717) is 39.4 Å². The number of fused-ring (bicyclic) bond motifs is 2. The monoisotopic (exact) mass is 603 g/mol. The second-order valence-electron chi connectivity index (χ2n) is 11.4. The molecule has 5 N–H and O–H groups in total. The fourth-order valence-corrected chi connectivity index (χ4v) is 6.67. The lowest BCUT2D eigenvalue weighted by Crippen LogP contribution is -2.29. The molecule has 1 saturated heterocycles. The molecule has 5 aromatic rings. The Hall–Kier alpha value is -4.29. The van der Waals surface area contributed by atoms with Gasteiger partial charge in [0.25, 0.3) is 0 Å². The molecule has 0 aliphatic carbocycles. The van der Waals surface area contributed by atoms with E-state index in [2.05, 4.69) is 25.9 Å². The summed E-state index contributed by atoms with van der Waals surface area (Å²) in [6.45, 7) is 9.06. The number of anilines is 4. The summed E-state index contributed by atoms with van der Waals surface area (Å²) in [5, 5.41) is 22.9. The number of piperidine rings is 1. The number of ether oxygens (including phenoxy) is 1. The van der Waals surface area contributed by atoms with E-state index in [-0.39, 0.29) is 28.9 Å². The van der Waals surface area contributed by atoms with E-state index in [4.69, 9.17) is 9.72 Å². The largest absolute Gasteiger partial charge is 0.494 e. The Bertz CT molecular complexity index is 1890. The Kier molecular flexibility index (Phi) is 7.65. The molecule has 1 fully saturated rings. The number of sulfone groups is 1. The van der Waals surface area contributed by atoms with Gasteiger partial charge in [-0.05, 0) is 84.0 Å². The predicted octanol–water partition coefficient (Wildman–Crippen LogP) is 6.00. The Morgan fingerprint density at radius 3 is 2.51 bits per heavy atom. The van der Waals surface area contributed by atoms with Crippen LogP contribution in [0.4, 0.5) is 23.1 Å². The number of H-pyrrole nitrogens is 1. The lowest BCUT2D eigenvalue weighted by atomic mass is 10.1. The maximum atomic E-state index is 13.1. The van der Waals surface area contributed by atoms with E-state index in [1.807, 2.05) is 42.8 Å². The second-order valence-corrected chi connectivity index (χ2v) is 13.9. The fraction of sp³-hybridized carbons (Fsp3) is 0.355. The van der Waals surface area contributed by atoms with Crippen molar-refractivity contribution in [1.82, 2.24) is 24.8 Å². The fourth-order valence-electron chi connectivity index (χ4n) is 5.47. The van der Waals surface area contributed by atoms with Crippen LogP contribution in [0.5, 0.6) is 11.6 Å². The number of aromatic nitrogens is 4. The molecule has 12 heteroatoms. The molecule has 43 heavy (non-hydrogen) atoms. The molecule has 0 atom stereocenters. The number of hydrogen-bond donors (Lipinski definition) is 5. The van der Waals surface area contributed by atoms with Gasteiger partial charge in [-0.1, -0.05) is 12.1 Å². The van der Waals surface area contributed by atoms with E-state index in [0.717, 1.165) is 31.3 Å². The number of nitrogens with zero attached hydrogens (tertiary/aromatic N) is 3. The first kappa shape index (κ1) is 28.8. The molecule has 0 amide bonds. The van der Waals surface area contributed by atoms with Crippen molar-refractivity contribution in [3.05, 3.63) is 54.9 Å². The molecule has 4 heterocycles. The zero-order chi connectivity index (χ0) is 30.3. The molecule has 1 aliphatic heterocycles. The average molecular weight is 604 g/mol. The summed E-state index contributed by atoms with van der Waals surface area (Å²) < 4.78 is 34.3. The molecule has 0 unspecified atom stereocenters. The Balaban J connectivity index is 1.41. The summed E-state index contributed by atoms with van der Waals surface area (Å²) in [6.07, 6.45) is 5.53. The van der Waals surface area contributed by atoms with Crippen LogP contribution in [0.2, 0.25) is 0 Å². The van der Waals surface area contributed by atoms with Crippen LogP contribution in [0.3, 0.4) is 0 Å². The van der Waals surface area contributed by atoms with Crippen LogP contribution in [0, 0.1) is 0 Å². The van der Waals surface area contributed by atoms with Gasteiger partial charge in [-0.25, -0.2) is 8.42 Å². The molecular formula is C31H37N7O4S. The summed E-state index contributed by atoms with van der Waals surface area (Å²) in [6, 6.07) is 12.6. The van der Waals surface area contributed by atoms with Crippen molar-refractivity contribution in [3.8, 4) is 11.6 Å². The molecule has 0 saturated carbocycles. The first-order valence-electron chi connectivity index (χ1n) is 14.6. The SMILES string of the molecule is CC(C)Oc1cc2cn(C3CCNCC3)c(O)c2cc1Nc1nc(Nc2ccccc2S(=O)(=O)C(C)C)c2cc[nH]c2n1. The lowest BCUT2D eigenvalue weighted by Gasteiger charge is -2.24. The smallest absolute Gasteiger partial charge is 0.231 e. The third kappa shape index (κ3) is 5.59. The number of para-hydroxylation sites is 1. The molecule has 6 rings (SSSR count). The van der Waals surface area contributed by atoms with Gasteiger partial charge in [0.1, 0.15) is 17.2 Å². The lowest BCUT2D eigenvalue weighted by molar-refractivity contribution is 0.244. The van der Waals surface area contributed by atoms with Crippen LogP contribution < -0.4 is 20.7 Å². The number of benzene rings is 2. The molecule has 11 nitrogen and oxygen atoms in total. The van der Waals surface area contributed by atoms with E-state index >= 15 is 0 Å². The zero-order valence-corrected chi connectivity index (χ0v) is 25.5. The minimum absolute atomic E-state index is 0.0958. The topological polar surface area (TPSA) is 146 Å². The summed E-state index contributed by atoms with van der Waals surface area (Å²) >= 11 is 0. The first-order chi connectivity index (χ1) is 20.6. The highest BCUT2D eigenvalue weighted by atomic mass is 32.2. The van der Waals surface area contributed by atoms with Crippen LogP contribution in [0.1, 0.15) is 46.6 Å². The van der Waals surface area contributed by atoms with Crippen LogP contribution in [-0.2, 0) is 9.84 Å². The van der Waals surface area contributed by atoms with Crippen molar-refractivity contribution in [3.63, 3.8) is 0 Å². The maximum absolute atomic E-state index is 13.1. The molecule has 0 bridgehead atoms. The quantitative estimate of drug-likeness (QED) is 0.137. The number of hydrogen-bond acceptors (Lipinski definition) is 9. The third-order valence-corrected chi connectivity index (χ3v) is 9.92. The van der Waals surface area contributed by atoms with Crippen molar-refractivity contribution < 1.29 is 18.3 Å². The summed E-state index contributed by atoms with van der Waals surface area (Å²) in [5.74, 6) is 1.52. The normalized spacial score (nSPS) is 14.7. The van der Waals surface area contributed by atoms with Crippen LogP contribution in [0.25, 0.3) is 21.8 Å². The highest BCUT2D eigenvalue weighted by molar-refractivity contribution is 7.92. The highest BCUT2D eigenvalue weighted by Crippen LogP contribution is 2.40. The number of aromatic amines is 1. The van der Waals surface area contributed by atoms with Gasteiger partial charge in [0.2, 0.25) is 5.95 Å². The van der Waals surface area contributed by atoms with E-state index in [9.17, 15) is 13.5 Å². The molecular weight excluding hydrogens is 566 g/mol. The zero-order valence-electron chi connectivity index (χ0n) is 24.7. The van der Waals surface area contributed by atoms with Crippen molar-refractivity contribution in [2.24, 2.45) is 0 Å². The average Bonchev–Trinajstić information content (AvgIpc) is 3.58. The van der Waals surface area contributed by atoms with Crippen molar-refractivity contribution in [2.75, 3.05) is 23.7 Å². The Labute approximate surface area is 250 Å². The van der Waals surface area contributed by atoms with Crippen molar-refractivity contribution in [2.45, 2.75) is 62.8 Å². The highest BCUT2D eigenvalue weighted by Gasteiger charge is 2.24. The maximum Gasteiger partial charge on any atom is 0.231 e. The van der Waals surface area contributed by atoms with E-state index in [1.165, 1.54) is 0 Å². The number of nitrogens with one attached hydrogen (secondary N) is 4. The Morgan fingerprint density at radius 1 is 1.00 bits per heavy atom. The molecule has 3 aromatic heterocycles. The first-order valence-corrected chi connectivity index (χ1v) is 16.1.